The average molecular weight is 354 g/mol. The van der Waals surface area contributed by atoms with E-state index in [2.05, 4.69) is 18.8 Å². The highest BCUT2D eigenvalue weighted by atomic mass is 16.5. The fourth-order valence-electron chi connectivity index (χ4n) is 2.05. The van der Waals surface area contributed by atoms with Gasteiger partial charge in [0.1, 0.15) is 12.4 Å². The summed E-state index contributed by atoms with van der Waals surface area (Å²) in [7, 11) is 0. The molecule has 0 heterocycles. The van der Waals surface area contributed by atoms with Crippen molar-refractivity contribution in [3.63, 3.8) is 0 Å². The second kappa shape index (κ2) is 12.5. The summed E-state index contributed by atoms with van der Waals surface area (Å²) in [4.78, 5) is 37.4. The minimum atomic E-state index is -0.467. The van der Waals surface area contributed by atoms with Crippen LogP contribution in [-0.4, -0.2) is 48.9 Å². The number of esters is 1. The van der Waals surface area contributed by atoms with Gasteiger partial charge in [0.2, 0.25) is 0 Å². The number of ketones is 1. The molecule has 1 atom stereocenters. The van der Waals surface area contributed by atoms with Gasteiger partial charge >= 0.3 is 12.0 Å². The van der Waals surface area contributed by atoms with E-state index in [4.69, 9.17) is 4.74 Å². The summed E-state index contributed by atoms with van der Waals surface area (Å²) in [5.41, 5.74) is 0.327. The van der Waals surface area contributed by atoms with Gasteiger partial charge in [-0.1, -0.05) is 40.7 Å². The van der Waals surface area contributed by atoms with E-state index in [1.165, 1.54) is 0 Å². The van der Waals surface area contributed by atoms with Crippen LogP contribution in [0.2, 0.25) is 0 Å². The predicted molar refractivity (Wildman–Crippen MR) is 99.3 cm³/mol. The number of carbonyl (C=O) groups is 3. The first kappa shape index (κ1) is 23.1. The normalized spacial score (nSPS) is 11.8. The summed E-state index contributed by atoms with van der Waals surface area (Å²) < 4.78 is 4.94. The molecule has 0 aromatic carbocycles. The molecule has 0 aliphatic carbocycles. The van der Waals surface area contributed by atoms with Crippen molar-refractivity contribution in [1.29, 1.82) is 0 Å². The monoisotopic (exact) mass is 354 g/mol. The Labute approximate surface area is 152 Å². The van der Waals surface area contributed by atoms with Gasteiger partial charge in [-0.15, -0.1) is 0 Å². The van der Waals surface area contributed by atoms with Crippen molar-refractivity contribution in [3.8, 4) is 0 Å². The van der Waals surface area contributed by atoms with Crippen molar-refractivity contribution in [2.24, 2.45) is 11.8 Å². The highest BCUT2D eigenvalue weighted by Crippen LogP contribution is 2.13. The molecule has 0 aliphatic rings. The van der Waals surface area contributed by atoms with Gasteiger partial charge in [-0.25, -0.2) is 9.59 Å². The van der Waals surface area contributed by atoms with Gasteiger partial charge in [0.15, 0.2) is 0 Å². The van der Waals surface area contributed by atoms with E-state index in [0.717, 1.165) is 12.8 Å². The van der Waals surface area contributed by atoms with Gasteiger partial charge < -0.3 is 15.0 Å². The van der Waals surface area contributed by atoms with E-state index in [1.807, 2.05) is 20.8 Å². The highest BCUT2D eigenvalue weighted by Gasteiger charge is 2.19. The van der Waals surface area contributed by atoms with Crippen LogP contribution >= 0.6 is 0 Å². The number of rotatable bonds is 12. The smallest absolute Gasteiger partial charge is 0.333 e. The third-order valence-corrected chi connectivity index (χ3v) is 4.16. The number of hydrogen-bond donors (Lipinski definition) is 1. The third kappa shape index (κ3) is 9.89. The predicted octanol–water partition coefficient (Wildman–Crippen LogP) is 3.17. The average Bonchev–Trinajstić information content (AvgIpc) is 2.56. The van der Waals surface area contributed by atoms with Crippen LogP contribution in [0, 0.1) is 11.8 Å². The molecular weight excluding hydrogens is 320 g/mol. The zero-order valence-corrected chi connectivity index (χ0v) is 16.4. The lowest BCUT2D eigenvalue weighted by Crippen LogP contribution is -2.43. The van der Waals surface area contributed by atoms with Gasteiger partial charge in [-0.05, 0) is 19.3 Å². The standard InChI is InChI=1S/C19H34N2O4/c1-7-8-11-21(12-9-17(22)16(6)14(2)3)19(24)20-10-13-25-18(23)15(4)5/h14,16H,4,7-13H2,1-3,5-6H3,(H,20,24). The molecule has 1 unspecified atom stereocenters. The first-order chi connectivity index (χ1) is 11.7. The summed E-state index contributed by atoms with van der Waals surface area (Å²) >= 11 is 0. The van der Waals surface area contributed by atoms with Crippen LogP contribution in [0.1, 0.15) is 53.9 Å². The number of carbonyl (C=O) groups excluding carboxylic acids is 3. The SMILES string of the molecule is C=C(C)C(=O)OCCNC(=O)N(CCCC)CCC(=O)C(C)C(C)C. The lowest BCUT2D eigenvalue weighted by atomic mass is 9.92. The molecule has 2 amide bonds. The Morgan fingerprint density at radius 3 is 2.32 bits per heavy atom. The van der Waals surface area contributed by atoms with Crippen molar-refractivity contribution in [2.75, 3.05) is 26.2 Å². The molecular formula is C19H34N2O4. The van der Waals surface area contributed by atoms with E-state index in [1.54, 1.807) is 11.8 Å². The van der Waals surface area contributed by atoms with Crippen molar-refractivity contribution >= 4 is 17.8 Å². The van der Waals surface area contributed by atoms with Gasteiger partial charge in [0, 0.05) is 31.0 Å². The van der Waals surface area contributed by atoms with Gasteiger partial charge in [0.25, 0.3) is 0 Å². The summed E-state index contributed by atoms with van der Waals surface area (Å²) in [6, 6.07) is -0.232. The fourth-order valence-corrected chi connectivity index (χ4v) is 2.05. The molecule has 6 nitrogen and oxygen atoms in total. The van der Waals surface area contributed by atoms with E-state index in [9.17, 15) is 14.4 Å². The maximum absolute atomic E-state index is 12.3. The van der Waals surface area contributed by atoms with Gasteiger partial charge in [-0.3, -0.25) is 4.79 Å². The molecule has 0 radical (unpaired) electrons. The second-order valence-corrected chi connectivity index (χ2v) is 6.74. The van der Waals surface area contributed by atoms with Crippen LogP contribution in [0.3, 0.4) is 0 Å². The van der Waals surface area contributed by atoms with Crippen LogP contribution in [0.25, 0.3) is 0 Å². The first-order valence-electron chi connectivity index (χ1n) is 9.08. The number of amides is 2. The van der Waals surface area contributed by atoms with Crippen LogP contribution in [0.5, 0.6) is 0 Å². The van der Waals surface area contributed by atoms with E-state index < -0.39 is 5.97 Å². The Balaban J connectivity index is 4.39. The van der Waals surface area contributed by atoms with Crippen molar-refractivity contribution < 1.29 is 19.1 Å². The maximum atomic E-state index is 12.3. The molecule has 0 saturated carbocycles. The zero-order valence-electron chi connectivity index (χ0n) is 16.4. The molecule has 0 saturated heterocycles. The number of ether oxygens (including phenoxy) is 1. The fraction of sp³-hybridized carbons (Fsp3) is 0.737. The van der Waals surface area contributed by atoms with Gasteiger partial charge in [0.05, 0.1) is 6.54 Å². The lowest BCUT2D eigenvalue weighted by molar-refractivity contribution is -0.138. The van der Waals surface area contributed by atoms with Crippen molar-refractivity contribution in [3.05, 3.63) is 12.2 Å². The van der Waals surface area contributed by atoms with Gasteiger partial charge in [-0.2, -0.15) is 0 Å². The maximum Gasteiger partial charge on any atom is 0.333 e. The summed E-state index contributed by atoms with van der Waals surface area (Å²) in [5.74, 6) is 0.0103. The highest BCUT2D eigenvalue weighted by molar-refractivity contribution is 5.87. The Morgan fingerprint density at radius 1 is 1.16 bits per heavy atom. The first-order valence-corrected chi connectivity index (χ1v) is 9.08. The second-order valence-electron chi connectivity index (χ2n) is 6.74. The molecule has 144 valence electrons. The minimum Gasteiger partial charge on any atom is -0.460 e. The Morgan fingerprint density at radius 2 is 1.80 bits per heavy atom. The molecule has 0 aliphatic heterocycles. The molecule has 0 rings (SSSR count). The molecule has 25 heavy (non-hydrogen) atoms. The zero-order chi connectivity index (χ0) is 19.4. The summed E-state index contributed by atoms with van der Waals surface area (Å²) in [6.45, 7) is 14.5. The number of nitrogens with one attached hydrogen (secondary N) is 1. The van der Waals surface area contributed by atoms with E-state index in [-0.39, 0.29) is 30.9 Å². The molecule has 0 bridgehead atoms. The molecule has 0 fully saturated rings. The van der Waals surface area contributed by atoms with Crippen molar-refractivity contribution in [2.45, 2.75) is 53.9 Å². The topological polar surface area (TPSA) is 75.7 Å². The third-order valence-electron chi connectivity index (χ3n) is 4.16. The van der Waals surface area contributed by atoms with Crippen LogP contribution in [0.15, 0.2) is 12.2 Å². The van der Waals surface area contributed by atoms with E-state index >= 15 is 0 Å². The largest absolute Gasteiger partial charge is 0.460 e. The lowest BCUT2D eigenvalue weighted by Gasteiger charge is -2.24. The molecule has 0 spiro atoms. The number of urea groups is 1. The van der Waals surface area contributed by atoms with E-state index in [0.29, 0.717) is 31.0 Å². The number of nitrogens with zero attached hydrogens (tertiary/aromatic N) is 1. The van der Waals surface area contributed by atoms with Crippen LogP contribution in [0.4, 0.5) is 4.79 Å². The molecule has 1 N–H and O–H groups in total. The Kier molecular flexibility index (Phi) is 11.6. The summed E-state index contributed by atoms with van der Waals surface area (Å²) in [6.07, 6.45) is 2.21. The quantitative estimate of drug-likeness (QED) is 0.332. The van der Waals surface area contributed by atoms with Crippen LogP contribution < -0.4 is 5.32 Å². The molecule has 0 aromatic heterocycles. The van der Waals surface area contributed by atoms with Crippen molar-refractivity contribution in [1.82, 2.24) is 10.2 Å². The number of hydrogen-bond acceptors (Lipinski definition) is 4. The number of unbranched alkanes of at least 4 members (excludes halogenated alkanes) is 1. The summed E-state index contributed by atoms with van der Waals surface area (Å²) in [5, 5.41) is 2.73. The van der Waals surface area contributed by atoms with Crippen LogP contribution in [-0.2, 0) is 14.3 Å². The molecule has 0 aromatic rings. The Bertz CT molecular complexity index is 460. The molecule has 6 heteroatoms. The number of Topliss-reactive ketones (excluding diaryl/α,β-unsaturated/α-hetero) is 1. The Hall–Kier alpha value is -1.85. The minimum absolute atomic E-state index is 0.00218.